The molecule has 7 heteroatoms. The van der Waals surface area contributed by atoms with Crippen LogP contribution in [0.1, 0.15) is 33.6 Å². The highest BCUT2D eigenvalue weighted by atomic mass is 79.9. The predicted octanol–water partition coefficient (Wildman–Crippen LogP) is 4.00. The molecule has 0 N–H and O–H groups in total. The van der Waals surface area contributed by atoms with Crippen LogP contribution < -0.4 is 0 Å². The molecule has 1 atom stereocenters. The topological polar surface area (TPSA) is 26.3 Å². The summed E-state index contributed by atoms with van der Waals surface area (Å²) >= 11 is 6.78. The maximum Gasteiger partial charge on any atom is 0.348 e. The Hall–Kier alpha value is 0.0300. The molecule has 16 heavy (non-hydrogen) atoms. The fourth-order valence-corrected chi connectivity index (χ4v) is 1.09. The number of hydrogen-bond acceptors (Lipinski definition) is 2. The van der Waals surface area contributed by atoms with Crippen LogP contribution in [-0.2, 0) is 9.53 Å². The van der Waals surface area contributed by atoms with E-state index in [0.717, 1.165) is 0 Å². The molecule has 0 heterocycles. The van der Waals surface area contributed by atoms with Crippen molar-refractivity contribution in [3.8, 4) is 0 Å². The summed E-state index contributed by atoms with van der Waals surface area (Å²) in [5.41, 5.74) is -0.737. The maximum atomic E-state index is 13.2. The van der Waals surface area contributed by atoms with E-state index in [4.69, 9.17) is 16.3 Å². The summed E-state index contributed by atoms with van der Waals surface area (Å²) in [5.74, 6) is -0.771. The molecule has 2 nitrogen and oxygen atoms in total. The van der Waals surface area contributed by atoms with Gasteiger partial charge in [0.1, 0.15) is 5.60 Å². The molecule has 96 valence electrons. The van der Waals surface area contributed by atoms with Gasteiger partial charge in [-0.1, -0.05) is 11.6 Å². The highest BCUT2D eigenvalue weighted by Gasteiger charge is 2.51. The van der Waals surface area contributed by atoms with E-state index in [9.17, 15) is 18.0 Å². The second kappa shape index (κ2) is 5.12. The van der Waals surface area contributed by atoms with Gasteiger partial charge in [0.05, 0.1) is 6.42 Å². The van der Waals surface area contributed by atoms with Crippen molar-refractivity contribution >= 4 is 33.5 Å². The first-order valence-corrected chi connectivity index (χ1v) is 5.69. The van der Waals surface area contributed by atoms with E-state index in [0.29, 0.717) is 0 Å². The Morgan fingerprint density at radius 3 is 2.06 bits per heavy atom. The minimum absolute atomic E-state index is 0.515. The number of esters is 1. The van der Waals surface area contributed by atoms with Crippen LogP contribution in [0.5, 0.6) is 0 Å². The van der Waals surface area contributed by atoms with Gasteiger partial charge in [-0.2, -0.15) is 8.78 Å². The molecule has 0 aromatic heterocycles. The zero-order valence-electron chi connectivity index (χ0n) is 9.12. The second-order valence-electron chi connectivity index (χ2n) is 4.29. The lowest BCUT2D eigenvalue weighted by Crippen LogP contribution is -2.35. The van der Waals surface area contributed by atoms with Crippen molar-refractivity contribution in [3.63, 3.8) is 0 Å². The van der Waals surface area contributed by atoms with Gasteiger partial charge < -0.3 is 4.74 Å². The lowest BCUT2D eigenvalue weighted by Gasteiger charge is -2.24. The SMILES string of the molecule is CC(C)(C)OC(=O)CCC(F)(Cl)C(F)(F)Br. The Morgan fingerprint density at radius 1 is 1.31 bits per heavy atom. The quantitative estimate of drug-likeness (QED) is 0.577. The summed E-state index contributed by atoms with van der Waals surface area (Å²) in [6.07, 6.45) is -1.35. The summed E-state index contributed by atoms with van der Waals surface area (Å²) in [6, 6.07) is 0. The van der Waals surface area contributed by atoms with Gasteiger partial charge in [-0.25, -0.2) is 4.39 Å². The van der Waals surface area contributed by atoms with E-state index in [1.807, 2.05) is 15.9 Å². The van der Waals surface area contributed by atoms with Crippen molar-refractivity contribution in [2.75, 3.05) is 0 Å². The zero-order chi connectivity index (χ0) is 13.2. The Balaban J connectivity index is 4.22. The number of carbonyl (C=O) groups excluding carboxylic acids is 1. The molecule has 0 spiro atoms. The molecule has 0 saturated carbocycles. The average molecular weight is 326 g/mol. The van der Waals surface area contributed by atoms with Crippen LogP contribution in [0.4, 0.5) is 13.2 Å². The van der Waals surface area contributed by atoms with Crippen molar-refractivity contribution in [3.05, 3.63) is 0 Å². The van der Waals surface area contributed by atoms with E-state index >= 15 is 0 Å². The fourth-order valence-electron chi connectivity index (χ4n) is 0.793. The van der Waals surface area contributed by atoms with Crippen molar-refractivity contribution in [2.24, 2.45) is 0 Å². The minimum atomic E-state index is -3.89. The number of hydrogen-bond donors (Lipinski definition) is 0. The van der Waals surface area contributed by atoms with Gasteiger partial charge in [0, 0.05) is 6.42 Å². The van der Waals surface area contributed by atoms with E-state index in [2.05, 4.69) is 0 Å². The monoisotopic (exact) mass is 324 g/mol. The molecule has 0 aliphatic rings. The maximum absolute atomic E-state index is 13.2. The van der Waals surface area contributed by atoms with Crippen LogP contribution in [-0.4, -0.2) is 21.5 Å². The third-order valence-electron chi connectivity index (χ3n) is 1.48. The summed E-state index contributed by atoms with van der Waals surface area (Å²) in [6.45, 7) is 4.86. The van der Waals surface area contributed by atoms with Gasteiger partial charge in [0.25, 0.3) is 5.13 Å². The van der Waals surface area contributed by atoms with Gasteiger partial charge in [-0.15, -0.1) is 0 Å². The summed E-state index contributed by atoms with van der Waals surface area (Å²) < 4.78 is 43.1. The Labute approximate surface area is 106 Å². The molecule has 0 fully saturated rings. The van der Waals surface area contributed by atoms with E-state index in [-0.39, 0.29) is 0 Å². The van der Waals surface area contributed by atoms with Crippen LogP contribution in [0, 0.1) is 0 Å². The molecule has 0 bridgehead atoms. The van der Waals surface area contributed by atoms with Gasteiger partial charge >= 0.3 is 10.8 Å². The molecule has 0 saturated heterocycles. The van der Waals surface area contributed by atoms with Gasteiger partial charge in [-0.3, -0.25) is 4.79 Å². The Kier molecular flexibility index (Phi) is 5.13. The molecule has 0 aromatic rings. The number of ether oxygens (including phenoxy) is 1. The number of rotatable bonds is 4. The lowest BCUT2D eigenvalue weighted by molar-refractivity contribution is -0.155. The van der Waals surface area contributed by atoms with Gasteiger partial charge in [0.2, 0.25) is 0 Å². The standard InChI is InChI=1S/C9H13BrClF3O2/c1-7(2,3)16-6(15)4-5-8(11,12)9(10,13)14/h4-5H2,1-3H3. The minimum Gasteiger partial charge on any atom is -0.460 e. The molecule has 0 aromatic carbocycles. The number of halogens is 5. The molecular formula is C9H13BrClF3O2. The first kappa shape index (κ1) is 16.0. The summed E-state index contributed by atoms with van der Waals surface area (Å²) in [7, 11) is 0. The molecule has 0 aliphatic heterocycles. The number of carbonyl (C=O) groups is 1. The fraction of sp³-hybridized carbons (Fsp3) is 0.889. The van der Waals surface area contributed by atoms with Crippen LogP contribution >= 0.6 is 27.5 Å². The molecule has 0 aliphatic carbocycles. The van der Waals surface area contributed by atoms with E-state index in [1.165, 1.54) is 0 Å². The molecule has 1 unspecified atom stereocenters. The molecule has 0 amide bonds. The summed E-state index contributed by atoms with van der Waals surface area (Å²) in [4.78, 5) is 7.24. The zero-order valence-corrected chi connectivity index (χ0v) is 11.5. The van der Waals surface area contributed by atoms with Crippen molar-refractivity contribution in [1.29, 1.82) is 0 Å². The Morgan fingerprint density at radius 2 is 1.75 bits per heavy atom. The lowest BCUT2D eigenvalue weighted by atomic mass is 10.2. The first-order valence-electron chi connectivity index (χ1n) is 4.51. The average Bonchev–Trinajstić information content (AvgIpc) is 1.95. The number of alkyl halides is 5. The van der Waals surface area contributed by atoms with E-state index in [1.54, 1.807) is 20.8 Å². The van der Waals surface area contributed by atoms with Crippen molar-refractivity contribution in [2.45, 2.75) is 49.2 Å². The van der Waals surface area contributed by atoms with Crippen LogP contribution in [0.15, 0.2) is 0 Å². The normalized spacial score (nSPS) is 16.8. The van der Waals surface area contributed by atoms with Crippen molar-refractivity contribution < 1.29 is 22.7 Å². The largest absolute Gasteiger partial charge is 0.460 e. The summed E-state index contributed by atoms with van der Waals surface area (Å²) in [5, 5.41) is -3.30. The van der Waals surface area contributed by atoms with Crippen molar-refractivity contribution in [1.82, 2.24) is 0 Å². The van der Waals surface area contributed by atoms with Crippen LogP contribution in [0.3, 0.4) is 0 Å². The second-order valence-corrected chi connectivity index (χ2v) is 5.88. The molecule has 0 rings (SSSR count). The Bertz CT molecular complexity index is 258. The highest BCUT2D eigenvalue weighted by molar-refractivity contribution is 9.10. The first-order chi connectivity index (χ1) is 6.85. The molecule has 0 radical (unpaired) electrons. The van der Waals surface area contributed by atoms with Crippen LogP contribution in [0.25, 0.3) is 0 Å². The third-order valence-corrected chi connectivity index (χ3v) is 2.76. The van der Waals surface area contributed by atoms with Gasteiger partial charge in [0.15, 0.2) is 0 Å². The smallest absolute Gasteiger partial charge is 0.348 e. The highest BCUT2D eigenvalue weighted by Crippen LogP contribution is 2.44. The van der Waals surface area contributed by atoms with Gasteiger partial charge in [-0.05, 0) is 36.7 Å². The van der Waals surface area contributed by atoms with E-state index < -0.39 is 34.4 Å². The predicted molar refractivity (Wildman–Crippen MR) is 58.6 cm³/mol. The molecular weight excluding hydrogens is 312 g/mol. The van der Waals surface area contributed by atoms with Crippen LogP contribution in [0.2, 0.25) is 0 Å². The third kappa shape index (κ3) is 5.94.